The molecule has 4 rings (SSSR count). The molecule has 1 aliphatic rings. The molecule has 3 aromatic rings. The SMILES string of the molecule is C[N+]1(c2ncccc2C(N)=O)C(=O)C(N)N=C(c2ccccc2F)c2ccccc21. The number of likely N-dealkylation sites (N-methyl/N-ethyl adjacent to an activating group) is 1. The molecular formula is C22H19FN5O2+. The Kier molecular flexibility index (Phi) is 4.73. The van der Waals surface area contributed by atoms with E-state index in [2.05, 4.69) is 9.98 Å². The summed E-state index contributed by atoms with van der Waals surface area (Å²) in [5.74, 6) is -1.62. The fraction of sp³-hybridized carbons (Fsp3) is 0.0909. The molecule has 150 valence electrons. The number of primary amides is 1. The highest BCUT2D eigenvalue weighted by Crippen LogP contribution is 2.39. The number of rotatable bonds is 3. The number of nitrogens with two attached hydrogens (primary N) is 2. The summed E-state index contributed by atoms with van der Waals surface area (Å²) in [6, 6.07) is 16.1. The van der Waals surface area contributed by atoms with Crippen LogP contribution >= 0.6 is 0 Å². The smallest absolute Gasteiger partial charge is 0.363 e. The Hall–Kier alpha value is -3.75. The maximum Gasteiger partial charge on any atom is 0.363 e. The second-order valence-electron chi connectivity index (χ2n) is 7.00. The quantitative estimate of drug-likeness (QED) is 0.652. The normalized spacial score (nSPS) is 20.8. The van der Waals surface area contributed by atoms with Gasteiger partial charge in [0.2, 0.25) is 6.17 Å². The van der Waals surface area contributed by atoms with E-state index >= 15 is 0 Å². The summed E-state index contributed by atoms with van der Waals surface area (Å²) in [4.78, 5) is 34.3. The zero-order valence-corrected chi connectivity index (χ0v) is 16.1. The number of hydrogen-bond donors (Lipinski definition) is 2. The molecule has 1 aliphatic heterocycles. The summed E-state index contributed by atoms with van der Waals surface area (Å²) in [7, 11) is 1.58. The van der Waals surface area contributed by atoms with Crippen LogP contribution in [0.25, 0.3) is 0 Å². The fourth-order valence-electron chi connectivity index (χ4n) is 3.74. The minimum absolute atomic E-state index is 0.0877. The molecule has 7 nitrogen and oxygen atoms in total. The molecule has 4 N–H and O–H groups in total. The summed E-state index contributed by atoms with van der Waals surface area (Å²) in [6.07, 6.45) is 0.149. The summed E-state index contributed by atoms with van der Waals surface area (Å²) < 4.78 is 14.1. The van der Waals surface area contributed by atoms with Crippen molar-refractivity contribution < 1.29 is 14.0 Å². The Morgan fingerprint density at radius 1 is 1.03 bits per heavy atom. The van der Waals surface area contributed by atoms with Crippen LogP contribution in [0.4, 0.5) is 15.9 Å². The number of benzodiazepines with no additional fused rings is 1. The number of halogens is 1. The third kappa shape index (κ3) is 2.90. The summed E-state index contributed by atoms with van der Waals surface area (Å²) in [6.45, 7) is 0. The predicted molar refractivity (Wildman–Crippen MR) is 112 cm³/mol. The number of aromatic nitrogens is 1. The van der Waals surface area contributed by atoms with Crippen LogP contribution in [0.5, 0.6) is 0 Å². The standard InChI is InChI=1S/C22H18FN5O2/c1-28(21-15(20(25)29)9-6-12-26-21)17-11-5-3-8-14(17)18(27-19(24)22(28)30)13-7-2-4-10-16(13)23/h2-12,19H,24H2,1H3,(H-,25,29)/p+1. The zero-order chi connectivity index (χ0) is 21.5. The van der Waals surface area contributed by atoms with Crippen molar-refractivity contribution in [1.82, 2.24) is 9.47 Å². The third-order valence-electron chi connectivity index (χ3n) is 5.21. The lowest BCUT2D eigenvalue weighted by Crippen LogP contribution is -2.54. The van der Waals surface area contributed by atoms with Crippen molar-refractivity contribution >= 4 is 29.0 Å². The average Bonchev–Trinajstić information content (AvgIpc) is 2.84. The van der Waals surface area contributed by atoms with Gasteiger partial charge in [0, 0.05) is 17.8 Å². The Bertz CT molecular complexity index is 1210. The van der Waals surface area contributed by atoms with Gasteiger partial charge in [-0.1, -0.05) is 24.3 Å². The molecule has 30 heavy (non-hydrogen) atoms. The second kappa shape index (κ2) is 7.25. The van der Waals surface area contributed by atoms with Crippen LogP contribution in [0.3, 0.4) is 0 Å². The summed E-state index contributed by atoms with van der Waals surface area (Å²) >= 11 is 0. The molecule has 0 aliphatic carbocycles. The molecule has 0 bridgehead atoms. The lowest BCUT2D eigenvalue weighted by atomic mass is 9.98. The molecular weight excluding hydrogens is 385 g/mol. The van der Waals surface area contributed by atoms with Gasteiger partial charge in [-0.25, -0.2) is 14.2 Å². The number of carbonyl (C=O) groups excluding carboxylic acids is 2. The Labute approximate surface area is 172 Å². The molecule has 0 spiro atoms. The molecule has 2 unspecified atom stereocenters. The number of aliphatic imine (C=N–C) groups is 1. The van der Waals surface area contributed by atoms with Crippen LogP contribution in [0.1, 0.15) is 21.5 Å². The average molecular weight is 404 g/mol. The van der Waals surface area contributed by atoms with Gasteiger partial charge in [0.05, 0.1) is 18.3 Å². The highest BCUT2D eigenvalue weighted by Gasteiger charge is 2.48. The number of benzene rings is 2. The summed E-state index contributed by atoms with van der Waals surface area (Å²) in [5, 5.41) is 0. The largest absolute Gasteiger partial charge is 0.365 e. The van der Waals surface area contributed by atoms with Gasteiger partial charge in [0.1, 0.15) is 11.4 Å². The van der Waals surface area contributed by atoms with Gasteiger partial charge in [0.15, 0.2) is 5.69 Å². The van der Waals surface area contributed by atoms with E-state index in [1.807, 2.05) is 0 Å². The van der Waals surface area contributed by atoms with Crippen molar-refractivity contribution in [3.63, 3.8) is 0 Å². The molecule has 0 saturated carbocycles. The van der Waals surface area contributed by atoms with Gasteiger partial charge >= 0.3 is 5.91 Å². The lowest BCUT2D eigenvalue weighted by Gasteiger charge is -2.31. The van der Waals surface area contributed by atoms with E-state index in [0.717, 1.165) is 0 Å². The number of hydrogen-bond acceptors (Lipinski definition) is 5. The first kappa shape index (κ1) is 19.6. The van der Waals surface area contributed by atoms with Gasteiger partial charge in [-0.05, 0) is 30.3 Å². The van der Waals surface area contributed by atoms with E-state index in [4.69, 9.17) is 11.5 Å². The Balaban J connectivity index is 2.06. The molecule has 0 fully saturated rings. The Morgan fingerprint density at radius 2 is 1.70 bits per heavy atom. The van der Waals surface area contributed by atoms with Gasteiger partial charge < -0.3 is 5.73 Å². The lowest BCUT2D eigenvalue weighted by molar-refractivity contribution is -0.127. The van der Waals surface area contributed by atoms with Crippen molar-refractivity contribution in [3.05, 3.63) is 89.4 Å². The van der Waals surface area contributed by atoms with Crippen molar-refractivity contribution in [2.45, 2.75) is 6.17 Å². The number of pyridine rings is 1. The van der Waals surface area contributed by atoms with Gasteiger partial charge in [-0.15, -0.1) is 0 Å². The van der Waals surface area contributed by atoms with Crippen molar-refractivity contribution in [1.29, 1.82) is 0 Å². The highest BCUT2D eigenvalue weighted by molar-refractivity contribution is 6.20. The molecule has 2 heterocycles. The zero-order valence-electron chi connectivity index (χ0n) is 16.1. The number of para-hydroxylation sites is 1. The predicted octanol–water partition coefficient (Wildman–Crippen LogP) is 2.25. The van der Waals surface area contributed by atoms with Crippen LogP contribution in [0, 0.1) is 5.82 Å². The maximum absolute atomic E-state index is 14.6. The molecule has 0 saturated heterocycles. The number of nitrogens with zero attached hydrogens (tertiary/aromatic N) is 3. The number of quaternary nitrogens is 1. The maximum atomic E-state index is 14.6. The van der Waals surface area contributed by atoms with Gasteiger partial charge in [0.25, 0.3) is 11.7 Å². The first-order valence-corrected chi connectivity index (χ1v) is 9.20. The first-order chi connectivity index (χ1) is 14.4. The van der Waals surface area contributed by atoms with Crippen LogP contribution in [0.2, 0.25) is 0 Å². The molecule has 1 aromatic heterocycles. The van der Waals surface area contributed by atoms with Crippen LogP contribution in [0.15, 0.2) is 71.9 Å². The minimum atomic E-state index is -1.32. The number of amides is 2. The van der Waals surface area contributed by atoms with Crippen molar-refractivity contribution in [2.75, 3.05) is 7.05 Å². The van der Waals surface area contributed by atoms with E-state index in [1.165, 1.54) is 18.3 Å². The third-order valence-corrected chi connectivity index (χ3v) is 5.21. The van der Waals surface area contributed by atoms with Crippen molar-refractivity contribution in [2.24, 2.45) is 16.5 Å². The van der Waals surface area contributed by atoms with E-state index < -0.39 is 28.3 Å². The van der Waals surface area contributed by atoms with Crippen LogP contribution < -0.4 is 16.0 Å². The number of fused-ring (bicyclic) bond motifs is 1. The molecule has 2 atom stereocenters. The molecule has 2 aromatic carbocycles. The van der Waals surface area contributed by atoms with E-state index in [0.29, 0.717) is 11.3 Å². The van der Waals surface area contributed by atoms with E-state index in [1.54, 1.807) is 55.6 Å². The summed E-state index contributed by atoms with van der Waals surface area (Å²) in [5.41, 5.74) is 13.2. The van der Waals surface area contributed by atoms with E-state index in [-0.39, 0.29) is 22.7 Å². The second-order valence-corrected chi connectivity index (χ2v) is 7.00. The highest BCUT2D eigenvalue weighted by atomic mass is 19.1. The van der Waals surface area contributed by atoms with Crippen LogP contribution in [-0.2, 0) is 4.79 Å². The van der Waals surface area contributed by atoms with E-state index in [9.17, 15) is 14.0 Å². The minimum Gasteiger partial charge on any atom is -0.365 e. The Morgan fingerprint density at radius 3 is 2.40 bits per heavy atom. The van der Waals surface area contributed by atoms with Crippen molar-refractivity contribution in [3.8, 4) is 0 Å². The first-order valence-electron chi connectivity index (χ1n) is 9.20. The monoisotopic (exact) mass is 404 g/mol. The van der Waals surface area contributed by atoms with Gasteiger partial charge in [-0.3, -0.25) is 15.5 Å². The topological polar surface area (TPSA) is 111 Å². The molecule has 8 heteroatoms. The number of carbonyl (C=O) groups is 2. The molecule has 2 amide bonds. The van der Waals surface area contributed by atoms with Gasteiger partial charge in [-0.2, -0.15) is 4.48 Å². The van der Waals surface area contributed by atoms with Crippen LogP contribution in [-0.4, -0.2) is 35.7 Å². The fourth-order valence-corrected chi connectivity index (χ4v) is 3.74. The molecule has 0 radical (unpaired) electrons.